The molecule has 0 aliphatic carbocycles. The normalized spacial score (nSPS) is 16.6. The summed E-state index contributed by atoms with van der Waals surface area (Å²) < 4.78 is 0. The van der Waals surface area contributed by atoms with Gasteiger partial charge in [-0.15, -0.1) is 0 Å². The van der Waals surface area contributed by atoms with E-state index in [4.69, 9.17) is 0 Å². The van der Waals surface area contributed by atoms with Crippen LogP contribution in [0.3, 0.4) is 0 Å². The van der Waals surface area contributed by atoms with Crippen molar-refractivity contribution in [3.05, 3.63) is 0 Å². The van der Waals surface area contributed by atoms with Crippen molar-refractivity contribution in [1.82, 2.24) is 0 Å². The number of rotatable bonds is 16. The Hall–Kier alpha value is 0.567. The molecule has 0 atom stereocenters. The van der Waals surface area contributed by atoms with Crippen LogP contribution in [0, 0.1) is 0 Å². The van der Waals surface area contributed by atoms with Crippen LogP contribution in [0.2, 0.25) is 24.7 Å². The molecule has 0 aromatic rings. The number of unbranched alkanes of at least 4 members (excludes halogenated alkanes) is 11. The topological polar surface area (TPSA) is 0 Å². The largest absolute Gasteiger partial charge is 0.162 e. The third kappa shape index (κ3) is 11.2. The molecule has 2 heteroatoms. The molecule has 0 saturated carbocycles. The molecule has 0 aromatic heterocycles. The molecule has 0 N–H and O–H groups in total. The van der Waals surface area contributed by atoms with Crippen LogP contribution in [0.15, 0.2) is 0 Å². The summed E-state index contributed by atoms with van der Waals surface area (Å²) >= 11 is 2.10. The number of hydrogen-bond donors (Lipinski definition) is 0. The van der Waals surface area contributed by atoms with Crippen LogP contribution >= 0.6 is 11.8 Å². The quantitative estimate of drug-likeness (QED) is 0.203. The van der Waals surface area contributed by atoms with Gasteiger partial charge in [0.05, 0.1) is 8.07 Å². The molecule has 1 saturated heterocycles. The van der Waals surface area contributed by atoms with Crippen molar-refractivity contribution >= 4 is 19.8 Å². The molecule has 1 fully saturated rings. The Morgan fingerprint density at radius 3 is 1.55 bits per heavy atom. The molecule has 0 unspecified atom stereocenters. The Balaban J connectivity index is 1.66. The van der Waals surface area contributed by atoms with Gasteiger partial charge < -0.3 is 0 Å². The molecular weight excluding hydrogens is 300 g/mol. The third-order valence-corrected chi connectivity index (χ3v) is 11.3. The van der Waals surface area contributed by atoms with Crippen LogP contribution in [-0.2, 0) is 0 Å². The Morgan fingerprint density at radius 2 is 1.14 bits per heavy atom. The molecule has 1 aliphatic rings. The lowest BCUT2D eigenvalue weighted by atomic mass is 10.1. The highest BCUT2D eigenvalue weighted by atomic mass is 32.2. The summed E-state index contributed by atoms with van der Waals surface area (Å²) in [6.07, 6.45) is 19.5. The fraction of sp³-hybridized carbons (Fsp3) is 1.00. The van der Waals surface area contributed by atoms with Gasteiger partial charge in [0, 0.05) is 0 Å². The van der Waals surface area contributed by atoms with Gasteiger partial charge in [0.1, 0.15) is 0 Å². The summed E-state index contributed by atoms with van der Waals surface area (Å²) in [5.41, 5.74) is 0. The van der Waals surface area contributed by atoms with E-state index in [0.29, 0.717) is 0 Å². The van der Waals surface area contributed by atoms with E-state index in [-0.39, 0.29) is 0 Å². The van der Waals surface area contributed by atoms with Crippen LogP contribution < -0.4 is 0 Å². The highest BCUT2D eigenvalue weighted by Gasteiger charge is 2.32. The second-order valence-electron chi connectivity index (χ2n) is 7.85. The van der Waals surface area contributed by atoms with Crippen LogP contribution in [-0.4, -0.2) is 19.6 Å². The molecule has 22 heavy (non-hydrogen) atoms. The monoisotopic (exact) mass is 342 g/mol. The van der Waals surface area contributed by atoms with Gasteiger partial charge >= 0.3 is 0 Å². The lowest BCUT2D eigenvalue weighted by molar-refractivity contribution is 0.547. The standard InChI is InChI=1S/C20H42SSi/c1-3-21-17-14-12-10-8-6-4-5-7-9-11-13-15-18-22(2)19-16-20-22/h3-20H2,1-2H3. The molecule has 0 nitrogen and oxygen atoms in total. The maximum absolute atomic E-state index is 2.64. The predicted molar refractivity (Wildman–Crippen MR) is 109 cm³/mol. The third-order valence-electron chi connectivity index (χ3n) is 5.58. The van der Waals surface area contributed by atoms with E-state index in [1.54, 1.807) is 31.0 Å². The summed E-state index contributed by atoms with van der Waals surface area (Å²) in [5.74, 6) is 2.68. The van der Waals surface area contributed by atoms with Gasteiger partial charge in [0.2, 0.25) is 0 Å². The average molecular weight is 343 g/mol. The van der Waals surface area contributed by atoms with E-state index in [0.717, 1.165) is 0 Å². The number of hydrogen-bond acceptors (Lipinski definition) is 1. The van der Waals surface area contributed by atoms with E-state index in [2.05, 4.69) is 25.2 Å². The predicted octanol–water partition coefficient (Wildman–Crippen LogP) is 7.90. The van der Waals surface area contributed by atoms with Crippen LogP contribution in [0.25, 0.3) is 0 Å². The first-order valence-electron chi connectivity index (χ1n) is 10.3. The van der Waals surface area contributed by atoms with E-state index in [1.165, 1.54) is 82.1 Å². The van der Waals surface area contributed by atoms with Gasteiger partial charge in [-0.05, 0) is 17.9 Å². The highest BCUT2D eigenvalue weighted by Crippen LogP contribution is 2.36. The van der Waals surface area contributed by atoms with Gasteiger partial charge in [-0.3, -0.25) is 0 Å². The van der Waals surface area contributed by atoms with Gasteiger partial charge in [-0.25, -0.2) is 0 Å². The zero-order chi connectivity index (χ0) is 15.9. The lowest BCUT2D eigenvalue weighted by Gasteiger charge is -2.36. The molecule has 1 heterocycles. The minimum absolute atomic E-state index is 0.603. The van der Waals surface area contributed by atoms with E-state index < -0.39 is 8.07 Å². The molecule has 132 valence electrons. The van der Waals surface area contributed by atoms with E-state index in [9.17, 15) is 0 Å². The SMILES string of the molecule is CCSCCCCCCCCCCCCCC[Si]1(C)CCC1. The van der Waals surface area contributed by atoms with Crippen LogP contribution in [0.5, 0.6) is 0 Å². The van der Waals surface area contributed by atoms with Crippen molar-refractivity contribution in [2.75, 3.05) is 11.5 Å². The van der Waals surface area contributed by atoms with Crippen LogP contribution in [0.1, 0.15) is 90.4 Å². The Bertz CT molecular complexity index is 238. The highest BCUT2D eigenvalue weighted by molar-refractivity contribution is 7.99. The van der Waals surface area contributed by atoms with Crippen molar-refractivity contribution in [2.24, 2.45) is 0 Å². The molecule has 1 rings (SSSR count). The second-order valence-corrected chi connectivity index (χ2v) is 14.4. The average Bonchev–Trinajstić information content (AvgIpc) is 2.49. The minimum atomic E-state index is -0.603. The lowest BCUT2D eigenvalue weighted by Crippen LogP contribution is -2.37. The Labute approximate surface area is 146 Å². The molecule has 0 bridgehead atoms. The Morgan fingerprint density at radius 1 is 0.682 bits per heavy atom. The van der Waals surface area contributed by atoms with E-state index in [1.807, 2.05) is 0 Å². The van der Waals surface area contributed by atoms with Crippen molar-refractivity contribution < 1.29 is 0 Å². The van der Waals surface area contributed by atoms with Crippen molar-refractivity contribution in [3.8, 4) is 0 Å². The summed E-state index contributed by atoms with van der Waals surface area (Å²) in [4.78, 5) is 0. The summed E-state index contributed by atoms with van der Waals surface area (Å²) in [5, 5.41) is 0. The zero-order valence-electron chi connectivity index (χ0n) is 15.6. The smallest absolute Gasteiger partial charge is 0.0504 e. The summed E-state index contributed by atoms with van der Waals surface area (Å²) in [6.45, 7) is 4.90. The molecule has 1 aliphatic heterocycles. The molecule has 0 radical (unpaired) electrons. The molecule has 0 spiro atoms. The summed E-state index contributed by atoms with van der Waals surface area (Å²) in [6, 6.07) is 4.93. The maximum atomic E-state index is 2.64. The van der Waals surface area contributed by atoms with Crippen molar-refractivity contribution in [2.45, 2.75) is 115 Å². The first kappa shape index (κ1) is 20.6. The van der Waals surface area contributed by atoms with Crippen molar-refractivity contribution in [1.29, 1.82) is 0 Å². The van der Waals surface area contributed by atoms with Gasteiger partial charge in [-0.2, -0.15) is 11.8 Å². The first-order chi connectivity index (χ1) is 10.8. The minimum Gasteiger partial charge on any atom is -0.162 e. The fourth-order valence-electron chi connectivity index (χ4n) is 3.70. The van der Waals surface area contributed by atoms with E-state index >= 15 is 0 Å². The molecule has 0 aromatic carbocycles. The maximum Gasteiger partial charge on any atom is 0.0504 e. The van der Waals surface area contributed by atoms with Crippen LogP contribution in [0.4, 0.5) is 0 Å². The molecular formula is C20H42SSi. The van der Waals surface area contributed by atoms with Gasteiger partial charge in [-0.1, -0.05) is 109 Å². The van der Waals surface area contributed by atoms with Crippen molar-refractivity contribution in [3.63, 3.8) is 0 Å². The van der Waals surface area contributed by atoms with Gasteiger partial charge in [0.25, 0.3) is 0 Å². The first-order valence-corrected chi connectivity index (χ1v) is 14.6. The second kappa shape index (κ2) is 14.0. The number of thioether (sulfide) groups is 1. The molecule has 0 amide bonds. The Kier molecular flexibility index (Phi) is 13.1. The summed E-state index contributed by atoms with van der Waals surface area (Å²) in [7, 11) is -0.603. The zero-order valence-corrected chi connectivity index (χ0v) is 17.5. The van der Waals surface area contributed by atoms with Gasteiger partial charge in [0.15, 0.2) is 0 Å². The fourth-order valence-corrected chi connectivity index (χ4v) is 7.56.